The third-order valence-electron chi connectivity index (χ3n) is 3.98. The van der Waals surface area contributed by atoms with E-state index in [0.717, 1.165) is 5.56 Å². The summed E-state index contributed by atoms with van der Waals surface area (Å²) in [6.45, 7) is 0. The zero-order valence-corrected chi connectivity index (χ0v) is 14.2. The minimum absolute atomic E-state index is 0.163. The monoisotopic (exact) mass is 342 g/mol. The van der Waals surface area contributed by atoms with Gasteiger partial charge in [0.1, 0.15) is 17.1 Å². The van der Waals surface area contributed by atoms with E-state index in [-0.39, 0.29) is 6.42 Å². The summed E-state index contributed by atoms with van der Waals surface area (Å²) >= 11 is 0. The Labute approximate surface area is 144 Å². The average molecular weight is 342 g/mol. The number of furan rings is 1. The van der Waals surface area contributed by atoms with Crippen molar-refractivity contribution in [3.8, 4) is 28.6 Å². The van der Waals surface area contributed by atoms with Gasteiger partial charge in [0, 0.05) is 22.6 Å². The molecule has 6 nitrogen and oxygen atoms in total. The first-order valence-corrected chi connectivity index (χ1v) is 7.61. The number of hydrogen-bond donors (Lipinski definition) is 1. The number of fused-ring (bicyclic) bond motifs is 1. The van der Waals surface area contributed by atoms with Crippen molar-refractivity contribution in [3.05, 3.63) is 42.0 Å². The van der Waals surface area contributed by atoms with E-state index in [9.17, 15) is 9.90 Å². The first-order valence-electron chi connectivity index (χ1n) is 7.61. The number of carbonyl (C=O) groups is 1. The molecule has 2 aromatic carbocycles. The highest BCUT2D eigenvalue weighted by molar-refractivity contribution is 5.93. The molecule has 0 aliphatic carbocycles. The van der Waals surface area contributed by atoms with Crippen LogP contribution in [-0.4, -0.2) is 32.4 Å². The average Bonchev–Trinajstić information content (AvgIpc) is 2.97. The molecule has 0 bridgehead atoms. The number of ether oxygens (including phenoxy) is 3. The van der Waals surface area contributed by atoms with Crippen LogP contribution in [0.25, 0.3) is 22.3 Å². The van der Waals surface area contributed by atoms with Gasteiger partial charge < -0.3 is 23.7 Å². The van der Waals surface area contributed by atoms with Crippen LogP contribution in [0.15, 0.2) is 40.8 Å². The molecule has 1 aromatic heterocycles. The van der Waals surface area contributed by atoms with Crippen molar-refractivity contribution in [1.29, 1.82) is 0 Å². The Bertz CT molecular complexity index is 908. The van der Waals surface area contributed by atoms with Crippen LogP contribution in [0.3, 0.4) is 0 Å². The van der Waals surface area contributed by atoms with Crippen LogP contribution in [-0.2, 0) is 11.2 Å². The Balaban J connectivity index is 2.23. The molecule has 0 aliphatic heterocycles. The lowest BCUT2D eigenvalue weighted by atomic mass is 10.0. The maximum atomic E-state index is 11.4. The number of carboxylic acids is 1. The standard InChI is InChI=1S/C19H18O6/c1-22-12-6-4-11(5-7-12)19-14(9-18(20)21)13-8-16(23-2)17(24-3)10-15(13)25-19/h4-8,10H,9H2,1-3H3,(H,20,21). The Morgan fingerprint density at radius 2 is 1.64 bits per heavy atom. The van der Waals surface area contributed by atoms with Gasteiger partial charge in [0.05, 0.1) is 27.8 Å². The minimum Gasteiger partial charge on any atom is -0.497 e. The second-order valence-corrected chi connectivity index (χ2v) is 5.41. The van der Waals surface area contributed by atoms with Gasteiger partial charge in [-0.15, -0.1) is 0 Å². The molecule has 1 heterocycles. The Morgan fingerprint density at radius 1 is 1.00 bits per heavy atom. The van der Waals surface area contributed by atoms with Crippen molar-refractivity contribution in [1.82, 2.24) is 0 Å². The van der Waals surface area contributed by atoms with Crippen LogP contribution in [0, 0.1) is 0 Å². The van der Waals surface area contributed by atoms with E-state index in [2.05, 4.69) is 0 Å². The second kappa shape index (κ2) is 6.76. The molecular formula is C19H18O6. The fourth-order valence-corrected chi connectivity index (χ4v) is 2.78. The van der Waals surface area contributed by atoms with Crippen LogP contribution in [0.5, 0.6) is 17.2 Å². The lowest BCUT2D eigenvalue weighted by Crippen LogP contribution is -2.00. The summed E-state index contributed by atoms with van der Waals surface area (Å²) in [7, 11) is 4.66. The zero-order chi connectivity index (χ0) is 18.0. The number of rotatable bonds is 6. The van der Waals surface area contributed by atoms with E-state index in [0.29, 0.717) is 39.5 Å². The quantitative estimate of drug-likeness (QED) is 0.735. The van der Waals surface area contributed by atoms with Crippen LogP contribution in [0.1, 0.15) is 5.56 Å². The van der Waals surface area contributed by atoms with Crippen molar-refractivity contribution < 1.29 is 28.5 Å². The number of carboxylic acid groups (broad SMARTS) is 1. The SMILES string of the molecule is COc1ccc(-c2oc3cc(OC)c(OC)cc3c2CC(=O)O)cc1. The molecule has 0 saturated carbocycles. The third kappa shape index (κ3) is 3.10. The van der Waals surface area contributed by atoms with Crippen LogP contribution in [0.4, 0.5) is 0 Å². The van der Waals surface area contributed by atoms with Gasteiger partial charge in [0.2, 0.25) is 0 Å². The van der Waals surface area contributed by atoms with E-state index in [4.69, 9.17) is 18.6 Å². The van der Waals surface area contributed by atoms with Gasteiger partial charge >= 0.3 is 5.97 Å². The van der Waals surface area contributed by atoms with E-state index >= 15 is 0 Å². The largest absolute Gasteiger partial charge is 0.497 e. The maximum absolute atomic E-state index is 11.4. The van der Waals surface area contributed by atoms with Gasteiger partial charge in [-0.2, -0.15) is 0 Å². The maximum Gasteiger partial charge on any atom is 0.307 e. The topological polar surface area (TPSA) is 78.1 Å². The number of benzene rings is 2. The van der Waals surface area contributed by atoms with Gasteiger partial charge in [-0.3, -0.25) is 4.79 Å². The normalized spacial score (nSPS) is 10.7. The molecule has 0 aliphatic rings. The predicted molar refractivity (Wildman–Crippen MR) is 92.6 cm³/mol. The Kier molecular flexibility index (Phi) is 4.52. The van der Waals surface area contributed by atoms with Crippen molar-refractivity contribution in [3.63, 3.8) is 0 Å². The van der Waals surface area contributed by atoms with Crippen molar-refractivity contribution in [2.24, 2.45) is 0 Å². The molecule has 1 N–H and O–H groups in total. The first kappa shape index (κ1) is 16.7. The van der Waals surface area contributed by atoms with Crippen LogP contribution < -0.4 is 14.2 Å². The molecule has 0 amide bonds. The third-order valence-corrected chi connectivity index (χ3v) is 3.98. The van der Waals surface area contributed by atoms with Gasteiger partial charge in [-0.25, -0.2) is 0 Å². The van der Waals surface area contributed by atoms with Crippen molar-refractivity contribution >= 4 is 16.9 Å². The fraction of sp³-hybridized carbons (Fsp3) is 0.211. The molecule has 3 rings (SSSR count). The molecule has 0 atom stereocenters. The number of aliphatic carboxylic acids is 1. The van der Waals surface area contributed by atoms with Gasteiger partial charge in [-0.1, -0.05) is 0 Å². The Morgan fingerprint density at radius 3 is 2.20 bits per heavy atom. The highest BCUT2D eigenvalue weighted by atomic mass is 16.5. The summed E-state index contributed by atoms with van der Waals surface area (Å²) in [5, 5.41) is 9.99. The van der Waals surface area contributed by atoms with Crippen molar-refractivity contribution in [2.75, 3.05) is 21.3 Å². The molecule has 0 fully saturated rings. The zero-order valence-electron chi connectivity index (χ0n) is 14.2. The molecule has 0 saturated heterocycles. The fourth-order valence-electron chi connectivity index (χ4n) is 2.78. The van der Waals surface area contributed by atoms with Crippen LogP contribution in [0.2, 0.25) is 0 Å². The molecule has 3 aromatic rings. The lowest BCUT2D eigenvalue weighted by molar-refractivity contribution is -0.136. The second-order valence-electron chi connectivity index (χ2n) is 5.41. The summed E-state index contributed by atoms with van der Waals surface area (Å²) in [5.74, 6) is 1.32. The summed E-state index contributed by atoms with van der Waals surface area (Å²) in [6.07, 6.45) is -0.163. The highest BCUT2D eigenvalue weighted by Gasteiger charge is 2.21. The van der Waals surface area contributed by atoms with E-state index in [1.54, 1.807) is 31.4 Å². The summed E-state index contributed by atoms with van der Waals surface area (Å²) in [6, 6.07) is 10.7. The van der Waals surface area contributed by atoms with Gasteiger partial charge in [0.15, 0.2) is 11.5 Å². The summed E-state index contributed by atoms with van der Waals surface area (Å²) in [5.41, 5.74) is 1.90. The summed E-state index contributed by atoms with van der Waals surface area (Å²) < 4.78 is 21.7. The van der Waals surface area contributed by atoms with Crippen molar-refractivity contribution in [2.45, 2.75) is 6.42 Å². The molecule has 0 radical (unpaired) electrons. The smallest absolute Gasteiger partial charge is 0.307 e. The van der Waals surface area contributed by atoms with E-state index in [1.807, 2.05) is 12.1 Å². The van der Waals surface area contributed by atoms with Crippen LogP contribution >= 0.6 is 0 Å². The van der Waals surface area contributed by atoms with E-state index < -0.39 is 5.97 Å². The van der Waals surface area contributed by atoms with Gasteiger partial charge in [-0.05, 0) is 30.3 Å². The molecule has 6 heteroatoms. The highest BCUT2D eigenvalue weighted by Crippen LogP contribution is 2.40. The van der Waals surface area contributed by atoms with E-state index in [1.165, 1.54) is 14.2 Å². The molecule has 0 unspecified atom stereocenters. The Hall–Kier alpha value is -3.15. The minimum atomic E-state index is -0.938. The first-order chi connectivity index (χ1) is 12.1. The summed E-state index contributed by atoms with van der Waals surface area (Å²) in [4.78, 5) is 11.4. The predicted octanol–water partition coefficient (Wildman–Crippen LogP) is 3.75. The molecule has 25 heavy (non-hydrogen) atoms. The molecule has 0 spiro atoms. The number of hydrogen-bond acceptors (Lipinski definition) is 5. The lowest BCUT2D eigenvalue weighted by Gasteiger charge is -2.07. The number of methoxy groups -OCH3 is 3. The molecule has 130 valence electrons. The van der Waals surface area contributed by atoms with Gasteiger partial charge in [0.25, 0.3) is 0 Å². The molecular weight excluding hydrogens is 324 g/mol.